The zero-order chi connectivity index (χ0) is 27.8. The third-order valence-corrected chi connectivity index (χ3v) is 5.15. The molecule has 0 fully saturated rings. The fraction of sp³-hybridized carbons (Fsp3) is 0.394. The number of aryl methyl sites for hydroxylation is 1. The van der Waals surface area contributed by atoms with Crippen molar-refractivity contribution in [3.63, 3.8) is 0 Å². The van der Waals surface area contributed by atoms with Gasteiger partial charge in [0, 0.05) is 12.2 Å². The highest BCUT2D eigenvalue weighted by Gasteiger charge is 1.99. The fourth-order valence-electron chi connectivity index (χ4n) is 2.78. The lowest BCUT2D eigenvalue weighted by Gasteiger charge is -2.08. The summed E-state index contributed by atoms with van der Waals surface area (Å²) in [4.78, 5) is 19.9. The predicted octanol–water partition coefficient (Wildman–Crippen LogP) is 8.71. The first-order valence-electron chi connectivity index (χ1n) is 12.9. The number of aldehydes is 1. The first-order valence-corrected chi connectivity index (χ1v) is 12.9. The molecule has 0 atom stereocenters. The Hall–Kier alpha value is -3.20. The highest BCUT2D eigenvalue weighted by molar-refractivity contribution is 5.97. The van der Waals surface area contributed by atoms with Crippen LogP contribution in [0.5, 0.6) is 0 Å². The van der Waals surface area contributed by atoms with Crippen molar-refractivity contribution in [2.75, 3.05) is 6.54 Å². The Balaban J connectivity index is 0. The van der Waals surface area contributed by atoms with Gasteiger partial charge in [-0.1, -0.05) is 102 Å². The van der Waals surface area contributed by atoms with Crippen molar-refractivity contribution in [1.82, 2.24) is 5.32 Å². The van der Waals surface area contributed by atoms with Gasteiger partial charge in [0.05, 0.1) is 0 Å². The smallest absolute Gasteiger partial charge is 0.155 e. The van der Waals surface area contributed by atoms with Gasteiger partial charge in [0.15, 0.2) is 5.78 Å². The lowest BCUT2D eigenvalue weighted by atomic mass is 10.0. The first-order chi connectivity index (χ1) is 17.2. The van der Waals surface area contributed by atoms with Gasteiger partial charge in [-0.25, -0.2) is 0 Å². The number of ketones is 1. The van der Waals surface area contributed by atoms with Gasteiger partial charge >= 0.3 is 0 Å². The molecule has 0 spiro atoms. The van der Waals surface area contributed by atoms with Crippen molar-refractivity contribution >= 4 is 24.2 Å². The van der Waals surface area contributed by atoms with E-state index in [1.165, 1.54) is 25.3 Å². The Morgan fingerprint density at radius 1 is 0.972 bits per heavy atom. The number of Topliss-reactive ketones (excluding diaryl/α,β-unsaturated/α-hetero) is 1. The Labute approximate surface area is 221 Å². The third-order valence-electron chi connectivity index (χ3n) is 5.15. The minimum Gasteiger partial charge on any atom is -0.389 e. The molecule has 2 aromatic rings. The summed E-state index contributed by atoms with van der Waals surface area (Å²) in [7, 11) is 0. The lowest BCUT2D eigenvalue weighted by Crippen LogP contribution is -2.13. The molecule has 1 N–H and O–H groups in total. The van der Waals surface area contributed by atoms with Crippen molar-refractivity contribution in [3.8, 4) is 0 Å². The Kier molecular flexibility index (Phi) is 22.9. The van der Waals surface area contributed by atoms with Crippen LogP contribution in [0.25, 0.3) is 12.2 Å². The van der Waals surface area contributed by atoms with Crippen LogP contribution >= 0.6 is 0 Å². The van der Waals surface area contributed by atoms with Crippen LogP contribution in [0.4, 0.5) is 0 Å². The molecule has 2 aromatic carbocycles. The number of carbonyl (C=O) groups excluding carboxylic acids is 2. The van der Waals surface area contributed by atoms with E-state index in [4.69, 9.17) is 4.79 Å². The quantitative estimate of drug-likeness (QED) is 0.205. The van der Waals surface area contributed by atoms with Gasteiger partial charge in [-0.15, -0.1) is 0 Å². The number of allylic oxidation sites excluding steroid dienone is 2. The van der Waals surface area contributed by atoms with Gasteiger partial charge in [-0.05, 0) is 80.7 Å². The number of benzene rings is 2. The second-order valence-corrected chi connectivity index (χ2v) is 8.71. The van der Waals surface area contributed by atoms with Crippen LogP contribution in [0.3, 0.4) is 0 Å². The van der Waals surface area contributed by atoms with Gasteiger partial charge in [0.25, 0.3) is 0 Å². The van der Waals surface area contributed by atoms with Gasteiger partial charge in [-0.2, -0.15) is 0 Å². The molecule has 198 valence electrons. The lowest BCUT2D eigenvalue weighted by molar-refractivity contribution is -0.113. The van der Waals surface area contributed by atoms with E-state index in [0.717, 1.165) is 54.0 Å². The molecule has 0 aliphatic rings. The second kappa shape index (κ2) is 23.5. The third kappa shape index (κ3) is 20.2. The Bertz CT molecular complexity index is 895. The number of carbonyl (C=O) groups is 2. The predicted molar refractivity (Wildman–Crippen MR) is 160 cm³/mol. The summed E-state index contributed by atoms with van der Waals surface area (Å²) < 4.78 is 0. The van der Waals surface area contributed by atoms with Gasteiger partial charge < -0.3 is 10.1 Å². The zero-order valence-corrected chi connectivity index (χ0v) is 23.8. The van der Waals surface area contributed by atoms with Crippen molar-refractivity contribution in [2.24, 2.45) is 5.92 Å². The molecule has 0 heterocycles. The summed E-state index contributed by atoms with van der Waals surface area (Å²) in [5.74, 6) is 0.926. The van der Waals surface area contributed by atoms with E-state index in [1.54, 1.807) is 13.0 Å². The van der Waals surface area contributed by atoms with E-state index in [1.807, 2.05) is 43.3 Å². The number of nitrogens with one attached hydrogen (secondary N) is 1. The van der Waals surface area contributed by atoms with Gasteiger partial charge in [0.1, 0.15) is 6.29 Å². The van der Waals surface area contributed by atoms with Crippen LogP contribution in [-0.2, 0) is 16.0 Å². The maximum atomic E-state index is 11.1. The fourth-order valence-corrected chi connectivity index (χ4v) is 2.78. The summed E-state index contributed by atoms with van der Waals surface area (Å²) in [6.07, 6.45) is 9.18. The van der Waals surface area contributed by atoms with E-state index in [0.29, 0.717) is 0 Å². The van der Waals surface area contributed by atoms with E-state index in [2.05, 4.69) is 70.4 Å². The van der Waals surface area contributed by atoms with E-state index in [9.17, 15) is 4.79 Å². The summed E-state index contributed by atoms with van der Waals surface area (Å²) in [5.41, 5.74) is 5.42. The molecule has 0 aromatic heterocycles. The minimum absolute atomic E-state index is 0.101. The van der Waals surface area contributed by atoms with Gasteiger partial charge in [0.2, 0.25) is 0 Å². The van der Waals surface area contributed by atoms with Crippen LogP contribution in [0, 0.1) is 5.92 Å². The molecular weight excluding hydrogens is 442 g/mol. The standard InChI is InChI=1S/C13H14O.C10H21N.C8H10.C2H4O/c1-4-12-7-5-6-8-13(12)9-10(2)11(3)14;1-5-10(4)11-8-6-7-9(2)3;1-2-8-6-4-3-5-7-8;1-2-3/h4-9H,1H2,2-3H3;9,11H,4-8H2,1-3H3;3-7H,2H2,1H3;2H,1H3/b10-9+;;;. The normalized spacial score (nSPS) is 9.83. The number of rotatable bonds is 10. The molecule has 0 radical (unpaired) electrons. The summed E-state index contributed by atoms with van der Waals surface area (Å²) in [5, 5.41) is 3.29. The van der Waals surface area contributed by atoms with E-state index < -0.39 is 0 Å². The molecule has 0 aliphatic carbocycles. The summed E-state index contributed by atoms with van der Waals surface area (Å²) in [6.45, 7) is 22.3. The molecule has 2 rings (SSSR count). The van der Waals surface area contributed by atoms with Crippen LogP contribution in [0.1, 0.15) is 84.4 Å². The van der Waals surface area contributed by atoms with Crippen molar-refractivity contribution in [1.29, 1.82) is 0 Å². The minimum atomic E-state index is 0.101. The Morgan fingerprint density at radius 2 is 1.50 bits per heavy atom. The van der Waals surface area contributed by atoms with Crippen LogP contribution in [0.2, 0.25) is 0 Å². The molecule has 36 heavy (non-hydrogen) atoms. The number of hydrogen-bond donors (Lipinski definition) is 1. The molecule has 0 aliphatic heterocycles. The summed E-state index contributed by atoms with van der Waals surface area (Å²) in [6, 6.07) is 18.3. The van der Waals surface area contributed by atoms with E-state index in [-0.39, 0.29) is 5.78 Å². The average Bonchev–Trinajstić information content (AvgIpc) is 2.88. The van der Waals surface area contributed by atoms with Crippen molar-refractivity contribution < 1.29 is 9.59 Å². The largest absolute Gasteiger partial charge is 0.389 e. The summed E-state index contributed by atoms with van der Waals surface area (Å²) >= 11 is 0. The molecule has 3 nitrogen and oxygen atoms in total. The zero-order valence-electron chi connectivity index (χ0n) is 23.8. The first kappa shape index (κ1) is 35.0. The molecule has 3 heteroatoms. The molecule has 0 saturated carbocycles. The Morgan fingerprint density at radius 3 is 1.92 bits per heavy atom. The van der Waals surface area contributed by atoms with E-state index >= 15 is 0 Å². The molecule has 0 bridgehead atoms. The monoisotopic (exact) mass is 491 g/mol. The van der Waals surface area contributed by atoms with Gasteiger partial charge in [-0.3, -0.25) is 4.79 Å². The maximum absolute atomic E-state index is 11.1. The van der Waals surface area contributed by atoms with Crippen LogP contribution in [0.15, 0.2) is 79.0 Å². The maximum Gasteiger partial charge on any atom is 0.155 e. The molecule has 0 saturated heterocycles. The van der Waals surface area contributed by atoms with Crippen molar-refractivity contribution in [2.45, 2.75) is 74.1 Å². The second-order valence-electron chi connectivity index (χ2n) is 8.71. The van der Waals surface area contributed by atoms with Crippen LogP contribution < -0.4 is 5.32 Å². The average molecular weight is 492 g/mol. The number of hydrogen-bond acceptors (Lipinski definition) is 3. The topological polar surface area (TPSA) is 46.2 Å². The molecule has 0 amide bonds. The molecular formula is C33H49NO2. The van der Waals surface area contributed by atoms with Crippen LogP contribution in [-0.4, -0.2) is 18.6 Å². The molecule has 0 unspecified atom stereocenters. The highest BCUT2D eigenvalue weighted by Crippen LogP contribution is 2.14. The highest BCUT2D eigenvalue weighted by atomic mass is 16.1. The SMILES string of the molecule is C=C(CC)NCCCC(C)C.C=Cc1ccccc1/C=C(\C)C(C)=O.CC=O.CCc1ccccc1. The van der Waals surface area contributed by atoms with Crippen molar-refractivity contribution in [3.05, 3.63) is 95.7 Å².